The van der Waals surface area contributed by atoms with Crippen molar-refractivity contribution in [3.05, 3.63) is 24.7 Å². The van der Waals surface area contributed by atoms with Crippen LogP contribution >= 0.6 is 46.4 Å². The average Bonchev–Trinajstić information content (AvgIpc) is 1.85. The summed E-state index contributed by atoms with van der Waals surface area (Å²) < 4.78 is 4.76. The van der Waals surface area contributed by atoms with Crippen LogP contribution < -0.4 is 0 Å². The molecule has 0 heterocycles. The van der Waals surface area contributed by atoms with Crippen LogP contribution in [0.3, 0.4) is 0 Å². The zero-order valence-electron chi connectivity index (χ0n) is 5.38. The first-order chi connectivity index (χ1) is 5.13. The minimum atomic E-state index is -0.564. The number of halogens is 4. The van der Waals surface area contributed by atoms with E-state index in [1.807, 2.05) is 0 Å². The van der Waals surface area contributed by atoms with E-state index in [0.29, 0.717) is 0 Å². The lowest BCUT2D eigenvalue weighted by atomic mass is 10.7. The summed E-state index contributed by atoms with van der Waals surface area (Å²) in [7, 11) is 0. The van der Waals surface area contributed by atoms with Crippen LogP contribution in [-0.4, -0.2) is 9.67 Å². The Balaban J connectivity index is 3.41. The van der Waals surface area contributed by atoms with Crippen LogP contribution in [0.5, 0.6) is 0 Å². The van der Waals surface area contributed by atoms with Gasteiger partial charge in [0.1, 0.15) is 9.67 Å². The molecule has 0 aliphatic carbocycles. The smallest absolute Gasteiger partial charge is 0.129 e. The standard InChI is InChI=1S/C6H6Cl4O/c7-5(8)1-3-11-4-2-6(9)10/h1-6H. The van der Waals surface area contributed by atoms with Crippen molar-refractivity contribution in [2.75, 3.05) is 0 Å². The Morgan fingerprint density at radius 2 is 1.18 bits per heavy atom. The van der Waals surface area contributed by atoms with Crippen molar-refractivity contribution in [1.29, 1.82) is 0 Å². The predicted molar refractivity (Wildman–Crippen MR) is 50.4 cm³/mol. The Morgan fingerprint density at radius 3 is 1.45 bits per heavy atom. The molecular formula is C6H6Cl4O. The third-order valence-electron chi connectivity index (χ3n) is 0.605. The lowest BCUT2D eigenvalue weighted by Gasteiger charge is -1.91. The maximum absolute atomic E-state index is 5.34. The van der Waals surface area contributed by atoms with Gasteiger partial charge in [-0.2, -0.15) is 0 Å². The van der Waals surface area contributed by atoms with Gasteiger partial charge in [-0.3, -0.25) is 0 Å². The maximum atomic E-state index is 5.34. The van der Waals surface area contributed by atoms with E-state index in [2.05, 4.69) is 0 Å². The summed E-state index contributed by atoms with van der Waals surface area (Å²) >= 11 is 21.4. The van der Waals surface area contributed by atoms with Gasteiger partial charge in [-0.15, -0.1) is 46.4 Å². The molecule has 0 radical (unpaired) electrons. The van der Waals surface area contributed by atoms with Gasteiger partial charge in [0.25, 0.3) is 0 Å². The van der Waals surface area contributed by atoms with Gasteiger partial charge in [0.05, 0.1) is 12.5 Å². The number of ether oxygens (including phenoxy) is 1. The maximum Gasteiger partial charge on any atom is 0.129 e. The third kappa shape index (κ3) is 10.4. The topological polar surface area (TPSA) is 9.23 Å². The number of alkyl halides is 4. The number of hydrogen-bond donors (Lipinski definition) is 0. The zero-order chi connectivity index (χ0) is 8.69. The van der Waals surface area contributed by atoms with E-state index >= 15 is 0 Å². The highest BCUT2D eigenvalue weighted by Crippen LogP contribution is 2.04. The Bertz CT molecular complexity index is 126. The molecule has 0 saturated carbocycles. The normalized spacial score (nSPS) is 12.5. The number of rotatable bonds is 4. The van der Waals surface area contributed by atoms with Crippen molar-refractivity contribution in [3.8, 4) is 0 Å². The molecule has 11 heavy (non-hydrogen) atoms. The molecule has 0 amide bonds. The summed E-state index contributed by atoms with van der Waals surface area (Å²) in [5.41, 5.74) is 0. The molecule has 1 nitrogen and oxygen atoms in total. The highest BCUT2D eigenvalue weighted by Gasteiger charge is 1.88. The second-order valence-electron chi connectivity index (χ2n) is 1.46. The molecule has 0 aromatic carbocycles. The summed E-state index contributed by atoms with van der Waals surface area (Å²) in [6, 6.07) is 0. The largest absolute Gasteiger partial charge is 0.473 e. The summed E-state index contributed by atoms with van der Waals surface area (Å²) in [4.78, 5) is -1.13. The minimum absolute atomic E-state index is 0.564. The van der Waals surface area contributed by atoms with Gasteiger partial charge in [-0.05, 0) is 12.2 Å². The molecule has 0 spiro atoms. The van der Waals surface area contributed by atoms with Gasteiger partial charge < -0.3 is 4.74 Å². The van der Waals surface area contributed by atoms with E-state index in [1.54, 1.807) is 0 Å². The van der Waals surface area contributed by atoms with Gasteiger partial charge in [-0.25, -0.2) is 0 Å². The Labute approximate surface area is 85.5 Å². The molecule has 0 aromatic heterocycles. The van der Waals surface area contributed by atoms with Crippen LogP contribution in [0.25, 0.3) is 0 Å². The van der Waals surface area contributed by atoms with Crippen LogP contribution in [0.1, 0.15) is 0 Å². The number of hydrogen-bond acceptors (Lipinski definition) is 1. The van der Waals surface area contributed by atoms with Gasteiger partial charge >= 0.3 is 0 Å². The molecule has 0 fully saturated rings. The zero-order valence-corrected chi connectivity index (χ0v) is 8.41. The monoisotopic (exact) mass is 234 g/mol. The van der Waals surface area contributed by atoms with Gasteiger partial charge in [0, 0.05) is 0 Å². The van der Waals surface area contributed by atoms with Crippen molar-refractivity contribution in [2.24, 2.45) is 0 Å². The molecule has 5 heteroatoms. The molecular weight excluding hydrogens is 230 g/mol. The molecule has 0 unspecified atom stereocenters. The van der Waals surface area contributed by atoms with Crippen molar-refractivity contribution in [3.63, 3.8) is 0 Å². The second-order valence-corrected chi connectivity index (χ2v) is 3.79. The third-order valence-corrected chi connectivity index (χ3v) is 1.19. The van der Waals surface area contributed by atoms with Crippen LogP contribution in [0, 0.1) is 0 Å². The van der Waals surface area contributed by atoms with Crippen molar-refractivity contribution < 1.29 is 4.74 Å². The number of allylic oxidation sites excluding steroid dienone is 2. The molecule has 0 aliphatic rings. The van der Waals surface area contributed by atoms with E-state index in [1.165, 1.54) is 24.7 Å². The van der Waals surface area contributed by atoms with Gasteiger partial charge in [-0.1, -0.05) is 0 Å². The van der Waals surface area contributed by atoms with Crippen molar-refractivity contribution in [1.82, 2.24) is 0 Å². The highest BCUT2D eigenvalue weighted by atomic mass is 35.5. The molecule has 0 aromatic rings. The fourth-order valence-corrected chi connectivity index (χ4v) is 0.492. The van der Waals surface area contributed by atoms with Crippen LogP contribution in [0.2, 0.25) is 0 Å². The van der Waals surface area contributed by atoms with Gasteiger partial charge in [0.15, 0.2) is 0 Å². The predicted octanol–water partition coefficient (Wildman–Crippen LogP) is 3.64. The first kappa shape index (κ1) is 11.4. The highest BCUT2D eigenvalue weighted by molar-refractivity contribution is 6.45. The Hall–Kier alpha value is 0.440. The minimum Gasteiger partial charge on any atom is -0.473 e. The van der Waals surface area contributed by atoms with Crippen molar-refractivity contribution >= 4 is 46.4 Å². The summed E-state index contributed by atoms with van der Waals surface area (Å²) in [5.74, 6) is 0. The van der Waals surface area contributed by atoms with E-state index in [-0.39, 0.29) is 0 Å². The molecule has 0 rings (SSSR count). The van der Waals surface area contributed by atoms with E-state index in [4.69, 9.17) is 51.1 Å². The fourth-order valence-electron chi connectivity index (χ4n) is 0.255. The van der Waals surface area contributed by atoms with Crippen LogP contribution in [-0.2, 0) is 4.74 Å². The molecule has 0 N–H and O–H groups in total. The van der Waals surface area contributed by atoms with Crippen molar-refractivity contribution in [2.45, 2.75) is 9.67 Å². The first-order valence-electron chi connectivity index (χ1n) is 2.68. The second kappa shape index (κ2) is 7.11. The fraction of sp³-hybridized carbons (Fsp3) is 0.333. The van der Waals surface area contributed by atoms with Crippen LogP contribution in [0.15, 0.2) is 24.7 Å². The molecule has 0 atom stereocenters. The quantitative estimate of drug-likeness (QED) is 0.534. The molecule has 0 bridgehead atoms. The lowest BCUT2D eigenvalue weighted by molar-refractivity contribution is 0.401. The Morgan fingerprint density at radius 1 is 0.818 bits per heavy atom. The van der Waals surface area contributed by atoms with E-state index in [9.17, 15) is 0 Å². The Kier molecular flexibility index (Phi) is 7.39. The molecule has 0 saturated heterocycles. The summed E-state index contributed by atoms with van der Waals surface area (Å²) in [6.07, 6.45) is 5.62. The molecule has 0 aliphatic heterocycles. The average molecular weight is 236 g/mol. The van der Waals surface area contributed by atoms with Crippen LogP contribution in [0.4, 0.5) is 0 Å². The van der Waals surface area contributed by atoms with E-state index in [0.717, 1.165) is 0 Å². The first-order valence-corrected chi connectivity index (χ1v) is 4.42. The van der Waals surface area contributed by atoms with E-state index < -0.39 is 9.67 Å². The lowest BCUT2D eigenvalue weighted by Crippen LogP contribution is -1.78. The van der Waals surface area contributed by atoms with Gasteiger partial charge in [0.2, 0.25) is 0 Å². The summed E-state index contributed by atoms with van der Waals surface area (Å²) in [6.45, 7) is 0. The molecule has 64 valence electrons. The summed E-state index contributed by atoms with van der Waals surface area (Å²) in [5, 5.41) is 0. The SMILES string of the molecule is ClC(Cl)C=COC=CC(Cl)Cl.